The summed E-state index contributed by atoms with van der Waals surface area (Å²) in [6.07, 6.45) is 0.643. The van der Waals surface area contributed by atoms with Crippen LogP contribution in [-0.4, -0.2) is 19.0 Å². The second-order valence-corrected chi connectivity index (χ2v) is 6.28. The van der Waals surface area contributed by atoms with Gasteiger partial charge in [-0.15, -0.1) is 0 Å². The first-order valence-electron chi connectivity index (χ1n) is 9.05. The highest BCUT2D eigenvalue weighted by Crippen LogP contribution is 2.21. The van der Waals surface area contributed by atoms with Crippen LogP contribution in [0, 0.1) is 5.82 Å². The van der Waals surface area contributed by atoms with Crippen LogP contribution < -0.4 is 14.8 Å². The number of carbonyl (C=O) groups excluding carboxylic acids is 2. The van der Waals surface area contributed by atoms with Crippen LogP contribution in [0.2, 0.25) is 0 Å². The molecule has 3 rings (SSSR count). The largest absolute Gasteiger partial charge is 0.496 e. The third-order valence-corrected chi connectivity index (χ3v) is 4.23. The zero-order valence-corrected chi connectivity index (χ0v) is 15.9. The molecule has 0 fully saturated rings. The molecule has 0 aliphatic rings. The third-order valence-electron chi connectivity index (χ3n) is 4.23. The molecule has 0 aliphatic heterocycles. The molecule has 0 atom stereocenters. The predicted octanol–water partition coefficient (Wildman–Crippen LogP) is 4.62. The fourth-order valence-corrected chi connectivity index (χ4v) is 2.72. The average molecular weight is 393 g/mol. The third kappa shape index (κ3) is 5.65. The zero-order chi connectivity index (χ0) is 20.6. The van der Waals surface area contributed by atoms with Crippen LogP contribution in [0.5, 0.6) is 11.5 Å². The first kappa shape index (κ1) is 20.1. The number of hydrogen-bond donors (Lipinski definition) is 1. The summed E-state index contributed by atoms with van der Waals surface area (Å²) >= 11 is 0. The van der Waals surface area contributed by atoms with Gasteiger partial charge in [0.15, 0.2) is 0 Å². The molecule has 5 nitrogen and oxygen atoms in total. The molecule has 0 unspecified atom stereocenters. The van der Waals surface area contributed by atoms with E-state index < -0.39 is 0 Å². The van der Waals surface area contributed by atoms with Crippen molar-refractivity contribution in [2.24, 2.45) is 0 Å². The number of aryl methyl sites for hydroxylation is 1. The van der Waals surface area contributed by atoms with Gasteiger partial charge in [-0.05, 0) is 60.5 Å². The molecule has 0 aromatic heterocycles. The number of carbonyl (C=O) groups is 2. The highest BCUT2D eigenvalue weighted by Gasteiger charge is 2.12. The molecule has 0 spiro atoms. The number of halogens is 1. The fourth-order valence-electron chi connectivity index (χ4n) is 2.72. The summed E-state index contributed by atoms with van der Waals surface area (Å²) in [6.45, 7) is 0. The number of esters is 1. The monoisotopic (exact) mass is 393 g/mol. The Balaban J connectivity index is 1.53. The Morgan fingerprint density at radius 3 is 2.31 bits per heavy atom. The van der Waals surface area contributed by atoms with Crippen LogP contribution in [0.4, 0.5) is 10.1 Å². The number of rotatable bonds is 7. The quantitative estimate of drug-likeness (QED) is 0.470. The number of amides is 1. The highest BCUT2D eigenvalue weighted by molar-refractivity contribution is 6.06. The molecular weight excluding hydrogens is 373 g/mol. The van der Waals surface area contributed by atoms with E-state index in [2.05, 4.69) is 5.32 Å². The lowest BCUT2D eigenvalue weighted by Crippen LogP contribution is -2.13. The Labute approximate surface area is 168 Å². The van der Waals surface area contributed by atoms with Crippen LogP contribution in [0.1, 0.15) is 22.3 Å². The number of anilines is 1. The maximum absolute atomic E-state index is 12.9. The molecular formula is C23H20FNO4. The van der Waals surface area contributed by atoms with Crippen molar-refractivity contribution in [1.82, 2.24) is 0 Å². The van der Waals surface area contributed by atoms with E-state index in [-0.39, 0.29) is 24.1 Å². The summed E-state index contributed by atoms with van der Waals surface area (Å²) < 4.78 is 23.4. The van der Waals surface area contributed by atoms with Crippen LogP contribution in [-0.2, 0) is 11.2 Å². The first-order valence-corrected chi connectivity index (χ1v) is 9.05. The SMILES string of the molecule is COc1ccccc1C(=O)Nc1ccc(OC(=O)CCc2ccc(F)cc2)cc1. The first-order chi connectivity index (χ1) is 14.0. The van der Waals surface area contributed by atoms with Gasteiger partial charge in [-0.1, -0.05) is 24.3 Å². The standard InChI is InChI=1S/C23H20FNO4/c1-28-21-5-3-2-4-20(21)23(27)25-18-11-13-19(14-12-18)29-22(26)15-8-16-6-9-17(24)10-7-16/h2-7,9-14H,8,15H2,1H3,(H,25,27). The molecule has 1 amide bonds. The van der Waals surface area contributed by atoms with Crippen molar-refractivity contribution in [3.8, 4) is 11.5 Å². The summed E-state index contributed by atoms with van der Waals surface area (Å²) in [4.78, 5) is 24.4. The molecule has 0 aliphatic carbocycles. The lowest BCUT2D eigenvalue weighted by molar-refractivity contribution is -0.134. The van der Waals surface area contributed by atoms with Crippen LogP contribution >= 0.6 is 0 Å². The minimum atomic E-state index is -0.389. The van der Waals surface area contributed by atoms with Crippen molar-refractivity contribution in [3.05, 3.63) is 89.7 Å². The summed E-state index contributed by atoms with van der Waals surface area (Å²) in [5.74, 6) is -0.137. The molecule has 29 heavy (non-hydrogen) atoms. The molecule has 0 saturated carbocycles. The fraction of sp³-hybridized carbons (Fsp3) is 0.130. The maximum atomic E-state index is 12.9. The smallest absolute Gasteiger partial charge is 0.311 e. The van der Waals surface area contributed by atoms with E-state index in [9.17, 15) is 14.0 Å². The zero-order valence-electron chi connectivity index (χ0n) is 15.9. The molecule has 0 heterocycles. The van der Waals surface area contributed by atoms with Gasteiger partial charge >= 0.3 is 5.97 Å². The van der Waals surface area contributed by atoms with E-state index >= 15 is 0 Å². The number of hydrogen-bond acceptors (Lipinski definition) is 4. The molecule has 0 radical (unpaired) electrons. The van der Waals surface area contributed by atoms with E-state index in [4.69, 9.17) is 9.47 Å². The number of para-hydroxylation sites is 1. The Morgan fingerprint density at radius 1 is 0.931 bits per heavy atom. The van der Waals surface area contributed by atoms with Crippen LogP contribution in [0.15, 0.2) is 72.8 Å². The molecule has 0 saturated heterocycles. The van der Waals surface area contributed by atoms with E-state index in [1.807, 2.05) is 0 Å². The second-order valence-electron chi connectivity index (χ2n) is 6.28. The topological polar surface area (TPSA) is 64.6 Å². The Hall–Kier alpha value is -3.67. The lowest BCUT2D eigenvalue weighted by Gasteiger charge is -2.10. The molecule has 3 aromatic carbocycles. The van der Waals surface area contributed by atoms with E-state index in [1.54, 1.807) is 60.7 Å². The van der Waals surface area contributed by atoms with E-state index in [0.717, 1.165) is 5.56 Å². The normalized spacial score (nSPS) is 10.3. The van der Waals surface area contributed by atoms with Gasteiger partial charge in [-0.3, -0.25) is 9.59 Å². The summed E-state index contributed by atoms with van der Waals surface area (Å²) in [6, 6.07) is 19.4. The molecule has 3 aromatic rings. The minimum absolute atomic E-state index is 0.178. The van der Waals surface area contributed by atoms with Crippen molar-refractivity contribution in [3.63, 3.8) is 0 Å². The number of methoxy groups -OCH3 is 1. The van der Waals surface area contributed by atoms with E-state index in [1.165, 1.54) is 19.2 Å². The molecule has 6 heteroatoms. The van der Waals surface area contributed by atoms with Gasteiger partial charge < -0.3 is 14.8 Å². The van der Waals surface area contributed by atoms with Crippen molar-refractivity contribution in [2.75, 3.05) is 12.4 Å². The number of nitrogens with one attached hydrogen (secondary N) is 1. The Bertz CT molecular complexity index is 985. The van der Waals surface area contributed by atoms with Gasteiger partial charge in [0.05, 0.1) is 12.7 Å². The Morgan fingerprint density at radius 2 is 1.62 bits per heavy atom. The van der Waals surface area contributed by atoms with Gasteiger partial charge in [0.25, 0.3) is 5.91 Å². The van der Waals surface area contributed by atoms with Crippen molar-refractivity contribution in [2.45, 2.75) is 12.8 Å². The van der Waals surface area contributed by atoms with Crippen molar-refractivity contribution in [1.29, 1.82) is 0 Å². The van der Waals surface area contributed by atoms with Crippen molar-refractivity contribution < 1.29 is 23.5 Å². The Kier molecular flexibility index (Phi) is 6.58. The lowest BCUT2D eigenvalue weighted by atomic mass is 10.1. The second kappa shape index (κ2) is 9.50. The van der Waals surface area contributed by atoms with Gasteiger partial charge in [0.2, 0.25) is 0 Å². The summed E-state index contributed by atoms with van der Waals surface area (Å²) in [5.41, 5.74) is 1.84. The average Bonchev–Trinajstić information content (AvgIpc) is 2.74. The summed E-state index contributed by atoms with van der Waals surface area (Å²) in [5, 5.41) is 2.77. The van der Waals surface area contributed by atoms with Gasteiger partial charge in [-0.25, -0.2) is 4.39 Å². The van der Waals surface area contributed by atoms with Crippen LogP contribution in [0.25, 0.3) is 0 Å². The summed E-state index contributed by atoms with van der Waals surface area (Å²) in [7, 11) is 1.51. The van der Waals surface area contributed by atoms with E-state index in [0.29, 0.717) is 29.2 Å². The van der Waals surface area contributed by atoms with Gasteiger partial charge in [0, 0.05) is 12.1 Å². The predicted molar refractivity (Wildman–Crippen MR) is 108 cm³/mol. The van der Waals surface area contributed by atoms with Gasteiger partial charge in [-0.2, -0.15) is 0 Å². The molecule has 0 bridgehead atoms. The van der Waals surface area contributed by atoms with Crippen LogP contribution in [0.3, 0.4) is 0 Å². The molecule has 148 valence electrons. The number of benzene rings is 3. The minimum Gasteiger partial charge on any atom is -0.496 e. The number of ether oxygens (including phenoxy) is 2. The maximum Gasteiger partial charge on any atom is 0.311 e. The van der Waals surface area contributed by atoms with Gasteiger partial charge in [0.1, 0.15) is 17.3 Å². The highest BCUT2D eigenvalue weighted by atomic mass is 19.1. The van der Waals surface area contributed by atoms with Crippen molar-refractivity contribution >= 4 is 17.6 Å². The molecule has 1 N–H and O–H groups in total.